The lowest BCUT2D eigenvalue weighted by atomic mass is 10.0. The number of ether oxygens (including phenoxy) is 1. The normalized spacial score (nSPS) is 15.4. The Morgan fingerprint density at radius 2 is 1.75 bits per heavy atom. The molecule has 28 heavy (non-hydrogen) atoms. The molecule has 2 heterocycles. The molecule has 1 aromatic heterocycles. The number of carbonyl (C=O) groups excluding carboxylic acids is 2. The summed E-state index contributed by atoms with van der Waals surface area (Å²) in [5, 5.41) is 2.97. The highest BCUT2D eigenvalue weighted by Gasteiger charge is 2.25. The van der Waals surface area contributed by atoms with E-state index in [1.165, 1.54) is 6.42 Å². The zero-order valence-electron chi connectivity index (χ0n) is 16.9. The van der Waals surface area contributed by atoms with E-state index in [0.717, 1.165) is 25.9 Å². The van der Waals surface area contributed by atoms with E-state index in [9.17, 15) is 9.59 Å². The van der Waals surface area contributed by atoms with Crippen molar-refractivity contribution in [3.63, 3.8) is 0 Å². The summed E-state index contributed by atoms with van der Waals surface area (Å²) < 4.78 is 7.31. The predicted octanol–water partition coefficient (Wildman–Crippen LogP) is 3.96. The topological polar surface area (TPSA) is 63.6 Å². The summed E-state index contributed by atoms with van der Waals surface area (Å²) in [7, 11) is 1.56. The minimum atomic E-state index is -0.346. The number of amides is 2. The highest BCUT2D eigenvalue weighted by Crippen LogP contribution is 2.29. The van der Waals surface area contributed by atoms with Crippen LogP contribution in [0.3, 0.4) is 0 Å². The van der Waals surface area contributed by atoms with Gasteiger partial charge in [0.05, 0.1) is 12.8 Å². The van der Waals surface area contributed by atoms with Gasteiger partial charge in [0.15, 0.2) is 0 Å². The van der Waals surface area contributed by atoms with E-state index in [4.69, 9.17) is 4.74 Å². The third-order valence-corrected chi connectivity index (χ3v) is 5.20. The van der Waals surface area contributed by atoms with Gasteiger partial charge in [0.1, 0.15) is 11.8 Å². The van der Waals surface area contributed by atoms with E-state index in [2.05, 4.69) is 5.32 Å². The van der Waals surface area contributed by atoms with Crippen molar-refractivity contribution in [2.45, 2.75) is 39.2 Å². The van der Waals surface area contributed by atoms with Crippen LogP contribution < -0.4 is 10.1 Å². The molecule has 0 radical (unpaired) electrons. The van der Waals surface area contributed by atoms with Crippen molar-refractivity contribution in [3.05, 3.63) is 48.3 Å². The summed E-state index contributed by atoms with van der Waals surface area (Å²) in [6, 6.07) is 8.69. The lowest BCUT2D eigenvalue weighted by molar-refractivity contribution is -0.120. The first kappa shape index (κ1) is 20.0. The van der Waals surface area contributed by atoms with Crippen LogP contribution in [0, 0.1) is 5.92 Å². The third kappa shape index (κ3) is 4.38. The van der Waals surface area contributed by atoms with Crippen molar-refractivity contribution in [2.24, 2.45) is 5.92 Å². The van der Waals surface area contributed by atoms with Crippen molar-refractivity contribution in [3.8, 4) is 5.75 Å². The molecule has 1 saturated heterocycles. The summed E-state index contributed by atoms with van der Waals surface area (Å²) in [4.78, 5) is 27.7. The van der Waals surface area contributed by atoms with E-state index in [1.807, 2.05) is 47.8 Å². The van der Waals surface area contributed by atoms with Gasteiger partial charge in [-0.3, -0.25) is 9.59 Å². The van der Waals surface area contributed by atoms with Crippen LogP contribution in [0.1, 0.15) is 49.5 Å². The van der Waals surface area contributed by atoms with Crippen molar-refractivity contribution in [1.29, 1.82) is 0 Å². The molecule has 1 atom stereocenters. The second-order valence-electron chi connectivity index (χ2n) is 7.58. The van der Waals surface area contributed by atoms with Crippen LogP contribution in [-0.4, -0.2) is 41.5 Å². The standard InChI is InChI=1S/C22H29N3O3/c1-16(2)20(24-11-7-8-12-24)21(26)23-18-15-17(9-10-19(18)28-3)22(27)25-13-5-4-6-14-25/h7-12,15-16,20H,4-6,13-14H2,1-3H3,(H,23,26)/t20-/m1/s1. The Hall–Kier alpha value is -2.76. The molecule has 0 spiro atoms. The molecule has 6 nitrogen and oxygen atoms in total. The van der Waals surface area contributed by atoms with Gasteiger partial charge in [-0.2, -0.15) is 0 Å². The smallest absolute Gasteiger partial charge is 0.253 e. The number of methoxy groups -OCH3 is 1. The number of carbonyl (C=O) groups is 2. The molecule has 0 bridgehead atoms. The Bertz CT molecular complexity index is 808. The molecule has 150 valence electrons. The highest BCUT2D eigenvalue weighted by molar-refractivity contribution is 5.99. The quantitative estimate of drug-likeness (QED) is 0.821. The Morgan fingerprint density at radius 3 is 2.36 bits per heavy atom. The largest absolute Gasteiger partial charge is 0.495 e. The second kappa shape index (κ2) is 8.95. The van der Waals surface area contributed by atoms with Crippen LogP contribution in [0.15, 0.2) is 42.7 Å². The zero-order chi connectivity index (χ0) is 20.1. The number of nitrogens with zero attached hydrogens (tertiary/aromatic N) is 2. The molecule has 0 aliphatic carbocycles. The van der Waals surface area contributed by atoms with E-state index in [0.29, 0.717) is 17.0 Å². The molecule has 1 fully saturated rings. The predicted molar refractivity (Wildman–Crippen MR) is 110 cm³/mol. The highest BCUT2D eigenvalue weighted by atomic mass is 16.5. The molecule has 1 aromatic carbocycles. The third-order valence-electron chi connectivity index (χ3n) is 5.20. The van der Waals surface area contributed by atoms with Gasteiger partial charge in [-0.05, 0) is 55.5 Å². The fourth-order valence-corrected chi connectivity index (χ4v) is 3.74. The lowest BCUT2D eigenvalue weighted by Gasteiger charge is -2.27. The lowest BCUT2D eigenvalue weighted by Crippen LogP contribution is -2.35. The van der Waals surface area contributed by atoms with Crippen LogP contribution in [0.5, 0.6) is 5.75 Å². The number of nitrogens with one attached hydrogen (secondary N) is 1. The SMILES string of the molecule is COc1ccc(C(=O)N2CCCCC2)cc1NC(=O)[C@@H](C(C)C)n1cccc1. The number of likely N-dealkylation sites (tertiary alicyclic amines) is 1. The molecular formula is C22H29N3O3. The maximum absolute atomic E-state index is 13.0. The number of aromatic nitrogens is 1. The fraction of sp³-hybridized carbons (Fsp3) is 0.455. The van der Waals surface area contributed by atoms with Gasteiger partial charge in [0.2, 0.25) is 5.91 Å². The van der Waals surface area contributed by atoms with Gasteiger partial charge in [-0.1, -0.05) is 13.8 Å². The van der Waals surface area contributed by atoms with Crippen molar-refractivity contribution >= 4 is 17.5 Å². The molecule has 0 saturated carbocycles. The maximum atomic E-state index is 13.0. The number of piperidine rings is 1. The average Bonchev–Trinajstić information content (AvgIpc) is 3.22. The van der Waals surface area contributed by atoms with Crippen LogP contribution in [0.4, 0.5) is 5.69 Å². The van der Waals surface area contributed by atoms with Crippen LogP contribution in [0.25, 0.3) is 0 Å². The minimum absolute atomic E-state index is 0.00340. The number of hydrogen-bond donors (Lipinski definition) is 1. The zero-order valence-corrected chi connectivity index (χ0v) is 16.9. The van der Waals surface area contributed by atoms with Gasteiger partial charge in [0.25, 0.3) is 5.91 Å². The van der Waals surface area contributed by atoms with E-state index in [1.54, 1.807) is 25.3 Å². The van der Waals surface area contributed by atoms with Gasteiger partial charge < -0.3 is 19.5 Å². The number of rotatable bonds is 6. The summed E-state index contributed by atoms with van der Waals surface area (Å²) in [5.74, 6) is 0.519. The fourth-order valence-electron chi connectivity index (χ4n) is 3.74. The van der Waals surface area contributed by atoms with Gasteiger partial charge >= 0.3 is 0 Å². The Kier molecular flexibility index (Phi) is 6.39. The first-order chi connectivity index (χ1) is 13.5. The van der Waals surface area contributed by atoms with Gasteiger partial charge in [-0.25, -0.2) is 0 Å². The molecule has 2 amide bonds. The molecule has 3 rings (SSSR count). The van der Waals surface area contributed by atoms with E-state index < -0.39 is 0 Å². The van der Waals surface area contributed by atoms with Crippen LogP contribution in [0.2, 0.25) is 0 Å². The summed E-state index contributed by atoms with van der Waals surface area (Å²) in [5.41, 5.74) is 1.09. The summed E-state index contributed by atoms with van der Waals surface area (Å²) in [6.07, 6.45) is 7.02. The van der Waals surface area contributed by atoms with Crippen molar-refractivity contribution in [2.75, 3.05) is 25.5 Å². The molecule has 0 unspecified atom stereocenters. The molecule has 1 N–H and O–H groups in total. The van der Waals surface area contributed by atoms with Gasteiger partial charge in [0, 0.05) is 31.0 Å². The maximum Gasteiger partial charge on any atom is 0.253 e. The average molecular weight is 383 g/mol. The summed E-state index contributed by atoms with van der Waals surface area (Å²) in [6.45, 7) is 5.60. The summed E-state index contributed by atoms with van der Waals surface area (Å²) >= 11 is 0. The van der Waals surface area contributed by atoms with E-state index in [-0.39, 0.29) is 23.8 Å². The molecular weight excluding hydrogens is 354 g/mol. The van der Waals surface area contributed by atoms with Crippen LogP contribution >= 0.6 is 0 Å². The first-order valence-corrected chi connectivity index (χ1v) is 9.92. The molecule has 1 aliphatic heterocycles. The van der Waals surface area contributed by atoms with Crippen LogP contribution in [-0.2, 0) is 4.79 Å². The minimum Gasteiger partial charge on any atom is -0.495 e. The second-order valence-corrected chi connectivity index (χ2v) is 7.58. The Balaban J connectivity index is 1.83. The van der Waals surface area contributed by atoms with Crippen molar-refractivity contribution < 1.29 is 14.3 Å². The molecule has 6 heteroatoms. The number of anilines is 1. The first-order valence-electron chi connectivity index (χ1n) is 9.92. The molecule has 1 aliphatic rings. The van der Waals surface area contributed by atoms with Gasteiger partial charge in [-0.15, -0.1) is 0 Å². The van der Waals surface area contributed by atoms with Crippen molar-refractivity contribution in [1.82, 2.24) is 9.47 Å². The molecule has 2 aromatic rings. The Morgan fingerprint density at radius 1 is 1.07 bits per heavy atom. The Labute approximate surface area is 166 Å². The van der Waals surface area contributed by atoms with E-state index >= 15 is 0 Å². The monoisotopic (exact) mass is 383 g/mol. The number of hydrogen-bond acceptors (Lipinski definition) is 3. The number of benzene rings is 1.